The summed E-state index contributed by atoms with van der Waals surface area (Å²) in [7, 11) is 0. The van der Waals surface area contributed by atoms with E-state index in [1.54, 1.807) is 36.5 Å². The molecule has 5 nitrogen and oxygen atoms in total. The van der Waals surface area contributed by atoms with Crippen molar-refractivity contribution in [2.45, 2.75) is 19.4 Å². The molecule has 0 unspecified atom stereocenters. The van der Waals surface area contributed by atoms with Crippen molar-refractivity contribution in [3.8, 4) is 22.8 Å². The van der Waals surface area contributed by atoms with Gasteiger partial charge in [0.05, 0.1) is 17.2 Å². The monoisotopic (exact) mass is 409 g/mol. The first-order chi connectivity index (χ1) is 14.1. The SMILES string of the molecule is O=C(O)c1ccc(COc2cc(-c3ccc(OCC4CC4)nc3)ccc2Cl)cc1. The molecule has 0 saturated heterocycles. The Morgan fingerprint density at radius 3 is 2.45 bits per heavy atom. The molecule has 4 rings (SSSR count). The van der Waals surface area contributed by atoms with Crippen LogP contribution in [0.3, 0.4) is 0 Å². The topological polar surface area (TPSA) is 68.7 Å². The van der Waals surface area contributed by atoms with Gasteiger partial charge in [0.15, 0.2) is 0 Å². The van der Waals surface area contributed by atoms with E-state index in [1.165, 1.54) is 12.8 Å². The van der Waals surface area contributed by atoms with E-state index in [4.69, 9.17) is 26.2 Å². The lowest BCUT2D eigenvalue weighted by molar-refractivity contribution is 0.0697. The van der Waals surface area contributed by atoms with E-state index >= 15 is 0 Å². The fraction of sp³-hybridized carbons (Fsp3) is 0.217. The molecule has 0 radical (unpaired) electrons. The van der Waals surface area contributed by atoms with Crippen LogP contribution in [0.1, 0.15) is 28.8 Å². The molecule has 0 aliphatic heterocycles. The second-order valence-electron chi connectivity index (χ2n) is 7.08. The zero-order valence-corrected chi connectivity index (χ0v) is 16.4. The fourth-order valence-corrected chi connectivity index (χ4v) is 2.99. The van der Waals surface area contributed by atoms with E-state index in [-0.39, 0.29) is 12.2 Å². The molecule has 1 aromatic heterocycles. The smallest absolute Gasteiger partial charge is 0.335 e. The summed E-state index contributed by atoms with van der Waals surface area (Å²) < 4.78 is 11.5. The van der Waals surface area contributed by atoms with Crippen LogP contribution in [0, 0.1) is 5.92 Å². The van der Waals surface area contributed by atoms with Crippen molar-refractivity contribution in [1.29, 1.82) is 0 Å². The third-order valence-corrected chi connectivity index (χ3v) is 5.07. The molecule has 2 aromatic carbocycles. The maximum absolute atomic E-state index is 10.9. The Morgan fingerprint density at radius 1 is 1.03 bits per heavy atom. The number of halogens is 1. The molecule has 0 spiro atoms. The van der Waals surface area contributed by atoms with Gasteiger partial charge in [0.2, 0.25) is 5.88 Å². The molecule has 0 bridgehead atoms. The first kappa shape index (κ1) is 19.3. The molecule has 3 aromatic rings. The second-order valence-corrected chi connectivity index (χ2v) is 7.48. The molecular formula is C23H20ClNO4. The van der Waals surface area contributed by atoms with E-state index in [1.807, 2.05) is 24.3 Å². The van der Waals surface area contributed by atoms with Gasteiger partial charge in [-0.3, -0.25) is 0 Å². The minimum absolute atomic E-state index is 0.242. The quantitative estimate of drug-likeness (QED) is 0.534. The highest BCUT2D eigenvalue weighted by atomic mass is 35.5. The lowest BCUT2D eigenvalue weighted by Crippen LogP contribution is -2.00. The van der Waals surface area contributed by atoms with Gasteiger partial charge < -0.3 is 14.6 Å². The second kappa shape index (κ2) is 8.53. The minimum atomic E-state index is -0.953. The van der Waals surface area contributed by atoms with Crippen LogP contribution in [-0.4, -0.2) is 22.7 Å². The predicted molar refractivity (Wildman–Crippen MR) is 111 cm³/mol. The van der Waals surface area contributed by atoms with Crippen LogP contribution >= 0.6 is 11.6 Å². The van der Waals surface area contributed by atoms with Crippen LogP contribution in [-0.2, 0) is 6.61 Å². The van der Waals surface area contributed by atoms with Crippen molar-refractivity contribution in [2.24, 2.45) is 5.92 Å². The molecule has 1 aliphatic rings. The Morgan fingerprint density at radius 2 is 1.79 bits per heavy atom. The number of carbonyl (C=O) groups is 1. The van der Waals surface area contributed by atoms with Crippen molar-refractivity contribution in [3.63, 3.8) is 0 Å². The molecule has 1 N–H and O–H groups in total. The third kappa shape index (κ3) is 5.06. The minimum Gasteiger partial charge on any atom is -0.487 e. The number of aromatic nitrogens is 1. The van der Waals surface area contributed by atoms with Crippen molar-refractivity contribution in [2.75, 3.05) is 6.61 Å². The number of pyridine rings is 1. The summed E-state index contributed by atoms with van der Waals surface area (Å²) in [5, 5.41) is 9.48. The Kier molecular flexibility index (Phi) is 5.67. The van der Waals surface area contributed by atoms with Crippen LogP contribution in [0.4, 0.5) is 0 Å². The predicted octanol–water partition coefficient (Wildman–Crippen LogP) is 5.47. The van der Waals surface area contributed by atoms with E-state index in [9.17, 15) is 4.79 Å². The van der Waals surface area contributed by atoms with Crippen LogP contribution in [0.2, 0.25) is 5.02 Å². The summed E-state index contributed by atoms with van der Waals surface area (Å²) in [6, 6.07) is 16.0. The van der Waals surface area contributed by atoms with Gasteiger partial charge in [0.25, 0.3) is 0 Å². The van der Waals surface area contributed by atoms with Crippen molar-refractivity contribution in [3.05, 3.63) is 76.9 Å². The Bertz CT molecular complexity index is 998. The standard InChI is InChI=1S/C23H20ClNO4/c24-20-9-7-18(19-8-10-22(25-12-19)29-14-15-1-2-15)11-21(20)28-13-16-3-5-17(6-4-16)23(26)27/h3-12,15H,1-2,13-14H2,(H,26,27). The summed E-state index contributed by atoms with van der Waals surface area (Å²) in [5.41, 5.74) is 2.98. The van der Waals surface area contributed by atoms with Gasteiger partial charge in [-0.25, -0.2) is 9.78 Å². The molecule has 1 saturated carbocycles. The van der Waals surface area contributed by atoms with Gasteiger partial charge in [0, 0.05) is 17.8 Å². The molecule has 1 aliphatic carbocycles. The van der Waals surface area contributed by atoms with Gasteiger partial charge in [-0.2, -0.15) is 0 Å². The number of carboxylic acids is 1. The number of aromatic carboxylic acids is 1. The maximum atomic E-state index is 10.9. The van der Waals surface area contributed by atoms with Crippen LogP contribution in [0.25, 0.3) is 11.1 Å². The number of benzene rings is 2. The average molecular weight is 410 g/mol. The van der Waals surface area contributed by atoms with E-state index < -0.39 is 5.97 Å². The molecule has 0 atom stereocenters. The molecule has 148 valence electrons. The Labute approximate surface area is 173 Å². The van der Waals surface area contributed by atoms with Crippen LogP contribution in [0.15, 0.2) is 60.8 Å². The lowest BCUT2D eigenvalue weighted by Gasteiger charge is -2.11. The zero-order chi connectivity index (χ0) is 20.2. The van der Waals surface area contributed by atoms with Gasteiger partial charge in [-0.05, 0) is 60.2 Å². The maximum Gasteiger partial charge on any atom is 0.335 e. The number of hydrogen-bond acceptors (Lipinski definition) is 4. The fourth-order valence-electron chi connectivity index (χ4n) is 2.82. The highest BCUT2D eigenvalue weighted by Gasteiger charge is 2.22. The highest BCUT2D eigenvalue weighted by Crippen LogP contribution is 2.32. The number of nitrogens with zero attached hydrogens (tertiary/aromatic N) is 1. The third-order valence-electron chi connectivity index (χ3n) is 4.76. The van der Waals surface area contributed by atoms with Crippen LogP contribution < -0.4 is 9.47 Å². The first-order valence-corrected chi connectivity index (χ1v) is 9.80. The number of carboxylic acid groups (broad SMARTS) is 1. The summed E-state index contributed by atoms with van der Waals surface area (Å²) >= 11 is 6.28. The van der Waals surface area contributed by atoms with Crippen molar-refractivity contribution < 1.29 is 19.4 Å². The van der Waals surface area contributed by atoms with Crippen molar-refractivity contribution >= 4 is 17.6 Å². The van der Waals surface area contributed by atoms with Gasteiger partial charge in [-0.1, -0.05) is 29.8 Å². The number of rotatable bonds is 8. The highest BCUT2D eigenvalue weighted by molar-refractivity contribution is 6.32. The normalized spacial score (nSPS) is 13.1. The molecule has 29 heavy (non-hydrogen) atoms. The zero-order valence-electron chi connectivity index (χ0n) is 15.7. The van der Waals surface area contributed by atoms with Gasteiger partial charge in [-0.15, -0.1) is 0 Å². The molecular weight excluding hydrogens is 390 g/mol. The number of hydrogen-bond donors (Lipinski definition) is 1. The van der Waals surface area contributed by atoms with Gasteiger partial charge in [0.1, 0.15) is 12.4 Å². The Hall–Kier alpha value is -3.05. The summed E-state index contributed by atoms with van der Waals surface area (Å²) in [5.74, 6) is 0.926. The van der Waals surface area contributed by atoms with Gasteiger partial charge >= 0.3 is 5.97 Å². The van der Waals surface area contributed by atoms with E-state index in [2.05, 4.69) is 4.98 Å². The molecule has 6 heteroatoms. The lowest BCUT2D eigenvalue weighted by atomic mass is 10.1. The first-order valence-electron chi connectivity index (χ1n) is 9.42. The van der Waals surface area contributed by atoms with E-state index in [0.717, 1.165) is 23.3 Å². The summed E-state index contributed by atoms with van der Waals surface area (Å²) in [4.78, 5) is 15.3. The molecule has 1 fully saturated rings. The van der Waals surface area contributed by atoms with E-state index in [0.29, 0.717) is 22.6 Å². The number of ether oxygens (including phenoxy) is 2. The Balaban J connectivity index is 1.43. The van der Waals surface area contributed by atoms with Crippen molar-refractivity contribution in [1.82, 2.24) is 4.98 Å². The molecule has 0 amide bonds. The molecule has 1 heterocycles. The summed E-state index contributed by atoms with van der Waals surface area (Å²) in [6.07, 6.45) is 4.27. The van der Waals surface area contributed by atoms with Crippen LogP contribution in [0.5, 0.6) is 11.6 Å². The average Bonchev–Trinajstić information content (AvgIpc) is 3.57. The largest absolute Gasteiger partial charge is 0.487 e. The summed E-state index contributed by atoms with van der Waals surface area (Å²) in [6.45, 7) is 1.02.